The number of nitrogens with zero attached hydrogens (tertiary/aromatic N) is 2. The van der Waals surface area contributed by atoms with Crippen molar-refractivity contribution in [3.63, 3.8) is 0 Å². The number of carbonyl (C=O) groups is 1. The van der Waals surface area contributed by atoms with Gasteiger partial charge in [0, 0.05) is 53.6 Å². The van der Waals surface area contributed by atoms with Crippen LogP contribution < -0.4 is 0 Å². The molecule has 2 N–H and O–H groups in total. The van der Waals surface area contributed by atoms with Crippen molar-refractivity contribution in [1.82, 2.24) is 14.9 Å². The Kier molecular flexibility index (Phi) is 4.31. The third kappa shape index (κ3) is 3.08. The summed E-state index contributed by atoms with van der Waals surface area (Å²) in [5, 5.41) is 8.97. The van der Waals surface area contributed by atoms with Gasteiger partial charge in [-0.1, -0.05) is 0 Å². The fourth-order valence-corrected chi connectivity index (χ4v) is 3.91. The number of hydrogen-bond donors (Lipinski definition) is 2. The van der Waals surface area contributed by atoms with E-state index >= 15 is 0 Å². The van der Waals surface area contributed by atoms with E-state index in [1.165, 1.54) is 16.7 Å². The van der Waals surface area contributed by atoms with Crippen LogP contribution in [0, 0.1) is 5.41 Å². The second-order valence-corrected chi connectivity index (χ2v) is 6.35. The number of carbonyl (C=O) groups excluding carboxylic acids is 1. The highest BCUT2D eigenvalue weighted by molar-refractivity contribution is 7.10. The maximum atomic E-state index is 11.6. The molecule has 3 rings (SSSR count). The molecule has 0 radical (unpaired) electrons. The van der Waals surface area contributed by atoms with Gasteiger partial charge in [0.05, 0.1) is 0 Å². The van der Waals surface area contributed by atoms with Crippen LogP contribution in [0.25, 0.3) is 6.08 Å². The summed E-state index contributed by atoms with van der Waals surface area (Å²) in [4.78, 5) is 22.8. The minimum absolute atomic E-state index is 0.169. The summed E-state index contributed by atoms with van der Waals surface area (Å²) in [5.41, 5.74) is 3.21. The molecule has 2 aromatic rings. The Morgan fingerprint density at radius 2 is 2.45 bits per heavy atom. The van der Waals surface area contributed by atoms with E-state index in [2.05, 4.69) is 14.9 Å². The molecule has 6 heteroatoms. The zero-order chi connectivity index (χ0) is 15.5. The molecule has 3 heterocycles. The molecule has 0 amide bonds. The van der Waals surface area contributed by atoms with E-state index in [1.54, 1.807) is 30.4 Å². The molecule has 2 aromatic heterocycles. The first-order valence-corrected chi connectivity index (χ1v) is 8.09. The smallest absolute Gasteiger partial charge is 0.160 e. The molecular weight excluding hydrogens is 296 g/mol. The van der Waals surface area contributed by atoms with Crippen molar-refractivity contribution in [2.75, 3.05) is 6.54 Å². The van der Waals surface area contributed by atoms with Crippen LogP contribution in [-0.4, -0.2) is 33.4 Å². The van der Waals surface area contributed by atoms with Gasteiger partial charge >= 0.3 is 0 Å². The number of nitrogens with one attached hydrogen (secondary N) is 2. The Morgan fingerprint density at radius 3 is 3.23 bits per heavy atom. The lowest BCUT2D eigenvalue weighted by Gasteiger charge is -2.26. The van der Waals surface area contributed by atoms with Gasteiger partial charge in [-0.15, -0.1) is 11.3 Å². The average Bonchev–Trinajstić information content (AvgIpc) is 3.11. The fourth-order valence-electron chi connectivity index (χ4n) is 2.73. The summed E-state index contributed by atoms with van der Waals surface area (Å²) in [5.74, 6) is 0.938. The number of allylic oxidation sites excluding steroid dienone is 1. The number of fused-ring (bicyclic) bond motifs is 1. The summed E-state index contributed by atoms with van der Waals surface area (Å²) in [6, 6.07) is 0. The third-order valence-electron chi connectivity index (χ3n) is 3.80. The first kappa shape index (κ1) is 14.9. The van der Waals surface area contributed by atoms with Crippen LogP contribution in [0.5, 0.6) is 0 Å². The molecule has 0 spiro atoms. The predicted molar refractivity (Wildman–Crippen MR) is 88.5 cm³/mol. The lowest BCUT2D eigenvalue weighted by atomic mass is 10.0. The van der Waals surface area contributed by atoms with Crippen LogP contribution in [-0.2, 0) is 19.5 Å². The normalized spacial score (nSPS) is 15.1. The second-order valence-electron chi connectivity index (χ2n) is 5.39. The van der Waals surface area contributed by atoms with Crippen LogP contribution in [0.15, 0.2) is 17.7 Å². The highest BCUT2D eigenvalue weighted by Crippen LogP contribution is 2.29. The molecule has 0 saturated carbocycles. The van der Waals surface area contributed by atoms with Crippen LogP contribution in [0.4, 0.5) is 0 Å². The van der Waals surface area contributed by atoms with Crippen molar-refractivity contribution in [3.05, 3.63) is 45.2 Å². The lowest BCUT2D eigenvalue weighted by Crippen LogP contribution is -2.29. The Morgan fingerprint density at radius 1 is 1.59 bits per heavy atom. The molecule has 1 aliphatic rings. The van der Waals surface area contributed by atoms with Gasteiger partial charge in [-0.3, -0.25) is 9.69 Å². The van der Waals surface area contributed by atoms with Gasteiger partial charge in [0.1, 0.15) is 5.82 Å². The van der Waals surface area contributed by atoms with Crippen molar-refractivity contribution in [1.29, 1.82) is 5.41 Å². The monoisotopic (exact) mass is 314 g/mol. The number of ketones is 1. The maximum absolute atomic E-state index is 11.6. The molecule has 22 heavy (non-hydrogen) atoms. The molecule has 0 aromatic carbocycles. The molecule has 5 nitrogen and oxygen atoms in total. The molecule has 1 aliphatic heterocycles. The zero-order valence-electron chi connectivity index (χ0n) is 12.4. The Bertz CT molecular complexity index is 728. The average molecular weight is 314 g/mol. The fraction of sp³-hybridized carbons (Fsp3) is 0.312. The molecule has 114 valence electrons. The number of H-pyrrole nitrogens is 1. The Hall–Kier alpha value is -2.05. The number of Topliss-reactive ketones (excluding diaryl/α,β-unsaturated/α-hetero) is 1. The number of imidazole rings is 1. The van der Waals surface area contributed by atoms with Gasteiger partial charge in [-0.2, -0.15) is 0 Å². The summed E-state index contributed by atoms with van der Waals surface area (Å²) in [6.07, 6.45) is 7.43. The quantitative estimate of drug-likeness (QED) is 0.658. The molecule has 0 saturated heterocycles. The topological polar surface area (TPSA) is 72.8 Å². The highest BCUT2D eigenvalue weighted by Gasteiger charge is 2.22. The number of aromatic amines is 1. The third-order valence-corrected chi connectivity index (χ3v) is 4.81. The Balaban J connectivity index is 1.67. The van der Waals surface area contributed by atoms with E-state index in [0.717, 1.165) is 43.1 Å². The van der Waals surface area contributed by atoms with Crippen molar-refractivity contribution in [2.24, 2.45) is 0 Å². The van der Waals surface area contributed by atoms with Gasteiger partial charge < -0.3 is 10.4 Å². The Labute approximate surface area is 133 Å². The van der Waals surface area contributed by atoms with E-state index in [0.29, 0.717) is 0 Å². The van der Waals surface area contributed by atoms with E-state index < -0.39 is 0 Å². The second kappa shape index (κ2) is 6.37. The number of rotatable bonds is 5. The number of thiophene rings is 1. The minimum atomic E-state index is 0.169. The number of aromatic nitrogens is 2. The molecular formula is C16H18N4OS. The van der Waals surface area contributed by atoms with Crippen LogP contribution in [0.1, 0.15) is 39.2 Å². The van der Waals surface area contributed by atoms with Crippen molar-refractivity contribution >= 4 is 29.4 Å². The summed E-state index contributed by atoms with van der Waals surface area (Å²) >= 11 is 1.69. The van der Waals surface area contributed by atoms with Gasteiger partial charge in [0.25, 0.3) is 0 Å². The van der Waals surface area contributed by atoms with Gasteiger partial charge in [-0.05, 0) is 31.1 Å². The largest absolute Gasteiger partial charge is 0.341 e. The first-order valence-electron chi connectivity index (χ1n) is 7.21. The lowest BCUT2D eigenvalue weighted by molar-refractivity contribution is 0.101. The van der Waals surface area contributed by atoms with Gasteiger partial charge in [0.15, 0.2) is 5.78 Å². The van der Waals surface area contributed by atoms with E-state index in [1.807, 2.05) is 11.6 Å². The van der Waals surface area contributed by atoms with Crippen molar-refractivity contribution in [2.45, 2.75) is 26.4 Å². The summed E-state index contributed by atoms with van der Waals surface area (Å²) in [6.45, 7) is 4.30. The molecule has 0 atom stereocenters. The molecule has 0 unspecified atom stereocenters. The molecule has 0 fully saturated rings. The van der Waals surface area contributed by atoms with E-state index in [4.69, 9.17) is 5.41 Å². The minimum Gasteiger partial charge on any atom is -0.341 e. The van der Waals surface area contributed by atoms with Crippen molar-refractivity contribution < 1.29 is 4.79 Å². The van der Waals surface area contributed by atoms with Crippen molar-refractivity contribution in [3.8, 4) is 0 Å². The van der Waals surface area contributed by atoms with E-state index in [-0.39, 0.29) is 5.78 Å². The predicted octanol–water partition coefficient (Wildman–Crippen LogP) is 2.89. The SMILES string of the molecule is CC(=O)c1csc2c1CCN(Cc1cnc(/C=C\C=N)[nH]1)C2. The summed E-state index contributed by atoms with van der Waals surface area (Å²) in [7, 11) is 0. The zero-order valence-corrected chi connectivity index (χ0v) is 13.2. The van der Waals surface area contributed by atoms with Crippen LogP contribution >= 0.6 is 11.3 Å². The standard InChI is InChI=1S/C16H18N4OS/c1-11(21)14-10-22-15-9-20(6-4-13(14)15)8-12-7-18-16(19-12)3-2-5-17/h2-3,5,7,10,17H,4,6,8-9H2,1H3,(H,18,19)/b3-2-,17-5?. The van der Waals surface area contributed by atoms with Crippen LogP contribution in [0.3, 0.4) is 0 Å². The first-order chi connectivity index (χ1) is 10.7. The van der Waals surface area contributed by atoms with E-state index in [9.17, 15) is 4.79 Å². The highest BCUT2D eigenvalue weighted by atomic mass is 32.1. The summed E-state index contributed by atoms with van der Waals surface area (Å²) < 4.78 is 0. The van der Waals surface area contributed by atoms with Crippen LogP contribution in [0.2, 0.25) is 0 Å². The van der Waals surface area contributed by atoms with Gasteiger partial charge in [0.2, 0.25) is 0 Å². The number of hydrogen-bond acceptors (Lipinski definition) is 5. The molecule has 0 aliphatic carbocycles. The molecule has 0 bridgehead atoms. The van der Waals surface area contributed by atoms with Gasteiger partial charge in [-0.25, -0.2) is 4.98 Å². The maximum Gasteiger partial charge on any atom is 0.160 e.